The molecule has 0 saturated carbocycles. The summed E-state index contributed by atoms with van der Waals surface area (Å²) in [5.41, 5.74) is 7.45. The summed E-state index contributed by atoms with van der Waals surface area (Å²) in [5.74, 6) is 0.449. The summed E-state index contributed by atoms with van der Waals surface area (Å²) in [7, 11) is 1.94. The van der Waals surface area contributed by atoms with Gasteiger partial charge in [0.2, 0.25) is 0 Å². The van der Waals surface area contributed by atoms with E-state index in [1.165, 1.54) is 12.8 Å². The molecule has 88 valence electrons. The van der Waals surface area contributed by atoms with E-state index >= 15 is 0 Å². The molecule has 1 aromatic rings. The van der Waals surface area contributed by atoms with Crippen molar-refractivity contribution in [3.63, 3.8) is 0 Å². The summed E-state index contributed by atoms with van der Waals surface area (Å²) in [6.45, 7) is 0. The van der Waals surface area contributed by atoms with Crippen LogP contribution in [0, 0.1) is 5.92 Å². The molecule has 16 heavy (non-hydrogen) atoms. The van der Waals surface area contributed by atoms with Crippen molar-refractivity contribution in [1.82, 2.24) is 9.78 Å². The Kier molecular flexibility index (Phi) is 2.57. The van der Waals surface area contributed by atoms with Gasteiger partial charge in [-0.1, -0.05) is 0 Å². The van der Waals surface area contributed by atoms with E-state index in [2.05, 4.69) is 21.0 Å². The van der Waals surface area contributed by atoms with Crippen molar-refractivity contribution >= 4 is 15.9 Å². The molecule has 2 aliphatic rings. The molecule has 5 heteroatoms. The molecule has 3 heterocycles. The Morgan fingerprint density at radius 3 is 2.94 bits per heavy atom. The van der Waals surface area contributed by atoms with Crippen LogP contribution in [0.25, 0.3) is 0 Å². The molecule has 4 atom stereocenters. The first-order valence-electron chi connectivity index (χ1n) is 5.75. The number of hydrogen-bond acceptors (Lipinski definition) is 3. The van der Waals surface area contributed by atoms with Crippen LogP contribution in [-0.2, 0) is 11.8 Å². The Morgan fingerprint density at radius 1 is 1.62 bits per heavy atom. The fourth-order valence-corrected chi connectivity index (χ4v) is 3.67. The van der Waals surface area contributed by atoms with Gasteiger partial charge in [-0.3, -0.25) is 4.68 Å². The molecule has 2 N–H and O–H groups in total. The van der Waals surface area contributed by atoms with Gasteiger partial charge in [0.1, 0.15) is 0 Å². The molecule has 4 nitrogen and oxygen atoms in total. The third-order valence-corrected chi connectivity index (χ3v) is 4.48. The molecule has 2 fully saturated rings. The molecule has 2 saturated heterocycles. The van der Waals surface area contributed by atoms with Crippen LogP contribution >= 0.6 is 15.9 Å². The molecule has 4 unspecified atom stereocenters. The molecule has 3 rings (SSSR count). The lowest BCUT2D eigenvalue weighted by Crippen LogP contribution is -2.31. The average molecular weight is 286 g/mol. The third-order valence-electron chi connectivity index (χ3n) is 3.87. The van der Waals surface area contributed by atoms with Crippen molar-refractivity contribution in [2.24, 2.45) is 18.7 Å². The van der Waals surface area contributed by atoms with Gasteiger partial charge >= 0.3 is 0 Å². The zero-order valence-electron chi connectivity index (χ0n) is 9.27. The first kappa shape index (κ1) is 10.7. The zero-order chi connectivity index (χ0) is 11.3. The summed E-state index contributed by atoms with van der Waals surface area (Å²) in [5, 5.41) is 4.22. The van der Waals surface area contributed by atoms with E-state index < -0.39 is 0 Å². The Hall–Kier alpha value is -0.390. The van der Waals surface area contributed by atoms with E-state index in [1.807, 2.05) is 17.9 Å². The van der Waals surface area contributed by atoms with E-state index in [0.717, 1.165) is 16.6 Å². The maximum Gasteiger partial charge on any atom is 0.0694 e. The van der Waals surface area contributed by atoms with Gasteiger partial charge in [-0.05, 0) is 35.2 Å². The SMILES string of the molecule is Cn1ncc(Br)c1C(N)C1CC2CCC1O2. The fourth-order valence-electron chi connectivity index (χ4n) is 3.05. The normalized spacial score (nSPS) is 34.6. The van der Waals surface area contributed by atoms with Crippen molar-refractivity contribution in [3.05, 3.63) is 16.4 Å². The number of fused-ring (bicyclic) bond motifs is 2. The van der Waals surface area contributed by atoms with Crippen molar-refractivity contribution in [2.75, 3.05) is 0 Å². The van der Waals surface area contributed by atoms with E-state index in [4.69, 9.17) is 10.5 Å². The largest absolute Gasteiger partial charge is 0.375 e. The highest BCUT2D eigenvalue weighted by molar-refractivity contribution is 9.10. The highest BCUT2D eigenvalue weighted by Crippen LogP contribution is 2.44. The van der Waals surface area contributed by atoms with Gasteiger partial charge in [0.25, 0.3) is 0 Å². The second-order valence-corrected chi connectivity index (χ2v) is 5.65. The molecule has 0 spiro atoms. The van der Waals surface area contributed by atoms with Gasteiger partial charge in [0.15, 0.2) is 0 Å². The smallest absolute Gasteiger partial charge is 0.0694 e. The van der Waals surface area contributed by atoms with Crippen molar-refractivity contribution in [1.29, 1.82) is 0 Å². The number of aryl methyl sites for hydroxylation is 1. The van der Waals surface area contributed by atoms with Gasteiger partial charge in [0, 0.05) is 13.0 Å². The zero-order valence-corrected chi connectivity index (χ0v) is 10.9. The Balaban J connectivity index is 1.85. The van der Waals surface area contributed by atoms with E-state index in [9.17, 15) is 0 Å². The van der Waals surface area contributed by atoms with E-state index in [0.29, 0.717) is 18.1 Å². The first-order valence-corrected chi connectivity index (χ1v) is 6.54. The summed E-state index contributed by atoms with van der Waals surface area (Å²) >= 11 is 3.51. The first-order chi connectivity index (χ1) is 7.66. The molecular weight excluding hydrogens is 270 g/mol. The minimum absolute atomic E-state index is 0.0252. The van der Waals surface area contributed by atoms with Crippen LogP contribution in [-0.4, -0.2) is 22.0 Å². The second kappa shape index (κ2) is 3.82. The van der Waals surface area contributed by atoms with Crippen LogP contribution in [0.1, 0.15) is 31.0 Å². The summed E-state index contributed by atoms with van der Waals surface area (Å²) in [6.07, 6.45) is 6.10. The van der Waals surface area contributed by atoms with Crippen LogP contribution in [0.15, 0.2) is 10.7 Å². The van der Waals surface area contributed by atoms with Gasteiger partial charge in [-0.2, -0.15) is 5.10 Å². The topological polar surface area (TPSA) is 53.1 Å². The summed E-state index contributed by atoms with van der Waals surface area (Å²) in [4.78, 5) is 0. The summed E-state index contributed by atoms with van der Waals surface area (Å²) in [6, 6.07) is 0.0252. The standard InChI is InChI=1S/C11H16BrN3O/c1-15-11(8(12)5-14-15)10(13)7-4-6-2-3-9(7)16-6/h5-7,9-10H,2-4,13H2,1H3. The van der Waals surface area contributed by atoms with Crippen molar-refractivity contribution in [3.8, 4) is 0 Å². The monoisotopic (exact) mass is 285 g/mol. The average Bonchev–Trinajstić information content (AvgIpc) is 2.93. The highest BCUT2D eigenvalue weighted by Gasteiger charge is 2.44. The van der Waals surface area contributed by atoms with Gasteiger partial charge in [-0.15, -0.1) is 0 Å². The van der Waals surface area contributed by atoms with Crippen LogP contribution in [0.3, 0.4) is 0 Å². The lowest BCUT2D eigenvalue weighted by molar-refractivity contribution is 0.0879. The van der Waals surface area contributed by atoms with Crippen LogP contribution in [0.5, 0.6) is 0 Å². The molecular formula is C11H16BrN3O. The molecule has 2 bridgehead atoms. The predicted octanol–water partition coefficient (Wildman–Crippen LogP) is 1.75. The highest BCUT2D eigenvalue weighted by atomic mass is 79.9. The molecule has 0 aromatic carbocycles. The van der Waals surface area contributed by atoms with E-state index in [-0.39, 0.29) is 6.04 Å². The second-order valence-electron chi connectivity index (χ2n) is 4.80. The number of ether oxygens (including phenoxy) is 1. The third kappa shape index (κ3) is 1.53. The molecule has 1 aromatic heterocycles. The van der Waals surface area contributed by atoms with Gasteiger partial charge < -0.3 is 10.5 Å². The number of nitrogens with two attached hydrogens (primary N) is 1. The number of rotatable bonds is 2. The van der Waals surface area contributed by atoms with Crippen LogP contribution in [0.2, 0.25) is 0 Å². The maximum absolute atomic E-state index is 6.36. The van der Waals surface area contributed by atoms with Crippen LogP contribution in [0.4, 0.5) is 0 Å². The molecule has 0 aliphatic carbocycles. The number of aromatic nitrogens is 2. The molecule has 2 aliphatic heterocycles. The van der Waals surface area contributed by atoms with E-state index in [1.54, 1.807) is 0 Å². The Labute approximate surface area is 103 Å². The quantitative estimate of drug-likeness (QED) is 0.901. The lowest BCUT2D eigenvalue weighted by atomic mass is 9.83. The molecule has 0 amide bonds. The summed E-state index contributed by atoms with van der Waals surface area (Å²) < 4.78 is 8.73. The van der Waals surface area contributed by atoms with Crippen LogP contribution < -0.4 is 5.73 Å². The van der Waals surface area contributed by atoms with Crippen molar-refractivity contribution in [2.45, 2.75) is 37.5 Å². The maximum atomic E-state index is 6.36. The predicted molar refractivity (Wildman–Crippen MR) is 63.8 cm³/mol. The number of hydrogen-bond donors (Lipinski definition) is 1. The Bertz CT molecular complexity index is 386. The van der Waals surface area contributed by atoms with Crippen molar-refractivity contribution < 1.29 is 4.74 Å². The Morgan fingerprint density at radius 2 is 2.44 bits per heavy atom. The van der Waals surface area contributed by atoms with Gasteiger partial charge in [-0.25, -0.2) is 0 Å². The lowest BCUT2D eigenvalue weighted by Gasteiger charge is -2.25. The minimum atomic E-state index is 0.0252. The number of halogens is 1. The fraction of sp³-hybridized carbons (Fsp3) is 0.727. The minimum Gasteiger partial charge on any atom is -0.375 e. The molecule has 0 radical (unpaired) electrons. The number of nitrogens with zero attached hydrogens (tertiary/aromatic N) is 2. The van der Waals surface area contributed by atoms with Gasteiger partial charge in [0.05, 0.1) is 34.6 Å².